The molecule has 0 heterocycles. The first kappa shape index (κ1) is 13.6. The Morgan fingerprint density at radius 2 is 1.72 bits per heavy atom. The van der Waals surface area contributed by atoms with Crippen LogP contribution in [-0.4, -0.2) is 6.54 Å². The third-order valence-corrected chi connectivity index (χ3v) is 3.80. The molecule has 0 aromatic heterocycles. The van der Waals surface area contributed by atoms with E-state index >= 15 is 0 Å². The third-order valence-electron chi connectivity index (χ3n) is 2.32. The number of para-hydroxylation sites is 1. The van der Waals surface area contributed by atoms with Gasteiger partial charge >= 0.3 is 0 Å². The molecule has 0 unspecified atom stereocenters. The highest BCUT2D eigenvalue weighted by atomic mass is 35.5. The van der Waals surface area contributed by atoms with Crippen LogP contribution in [0, 0.1) is 0 Å². The minimum Gasteiger partial charge on any atom is -0.384 e. The highest BCUT2D eigenvalue weighted by molar-refractivity contribution is 7.99. The summed E-state index contributed by atoms with van der Waals surface area (Å²) in [6.45, 7) is 2.98. The van der Waals surface area contributed by atoms with E-state index in [-0.39, 0.29) is 0 Å². The van der Waals surface area contributed by atoms with Gasteiger partial charge in [0.25, 0.3) is 0 Å². The van der Waals surface area contributed by atoms with E-state index in [0.717, 1.165) is 22.0 Å². The molecule has 0 aliphatic heterocycles. The summed E-state index contributed by atoms with van der Waals surface area (Å²) in [5.74, 6) is 0. The summed E-state index contributed by atoms with van der Waals surface area (Å²) in [5.41, 5.74) is 1.13. The number of nitrogens with one attached hydrogen (secondary N) is 1. The van der Waals surface area contributed by atoms with E-state index < -0.39 is 0 Å². The van der Waals surface area contributed by atoms with Gasteiger partial charge in [-0.25, -0.2) is 0 Å². The minimum absolute atomic E-state index is 0.658. The van der Waals surface area contributed by atoms with E-state index in [0.29, 0.717) is 10.0 Å². The van der Waals surface area contributed by atoms with Crippen LogP contribution in [0.3, 0.4) is 0 Å². The first-order valence-corrected chi connectivity index (χ1v) is 7.23. The Kier molecular flexibility index (Phi) is 4.81. The summed E-state index contributed by atoms with van der Waals surface area (Å²) in [7, 11) is 0. The number of anilines is 1. The van der Waals surface area contributed by atoms with Crippen molar-refractivity contribution < 1.29 is 0 Å². The minimum atomic E-state index is 0.658. The lowest BCUT2D eigenvalue weighted by molar-refractivity contribution is 1.19. The molecule has 1 N–H and O–H groups in total. The Hall–Kier alpha value is -0.830. The van der Waals surface area contributed by atoms with Crippen LogP contribution in [0.1, 0.15) is 6.92 Å². The van der Waals surface area contributed by atoms with Crippen LogP contribution in [0.4, 0.5) is 5.69 Å². The number of hydrogen-bond acceptors (Lipinski definition) is 2. The maximum atomic E-state index is 6.00. The molecule has 2 rings (SSSR count). The molecule has 2 aromatic rings. The zero-order valence-electron chi connectivity index (χ0n) is 9.91. The summed E-state index contributed by atoms with van der Waals surface area (Å²) < 4.78 is 0. The highest BCUT2D eigenvalue weighted by Crippen LogP contribution is 2.35. The Labute approximate surface area is 121 Å². The lowest BCUT2D eigenvalue weighted by Gasteiger charge is -2.10. The largest absolute Gasteiger partial charge is 0.384 e. The molecule has 18 heavy (non-hydrogen) atoms. The van der Waals surface area contributed by atoms with Gasteiger partial charge < -0.3 is 5.32 Å². The zero-order valence-corrected chi connectivity index (χ0v) is 12.2. The highest BCUT2D eigenvalue weighted by Gasteiger charge is 2.05. The predicted octanol–water partition coefficient (Wildman–Crippen LogP) is 5.58. The third kappa shape index (κ3) is 3.58. The molecule has 0 atom stereocenters. The fourth-order valence-corrected chi connectivity index (χ4v) is 3.28. The van der Waals surface area contributed by atoms with Crippen molar-refractivity contribution in [2.45, 2.75) is 16.7 Å². The zero-order chi connectivity index (χ0) is 13.0. The van der Waals surface area contributed by atoms with Gasteiger partial charge in [0, 0.05) is 32.1 Å². The van der Waals surface area contributed by atoms with Gasteiger partial charge in [-0.3, -0.25) is 0 Å². The molecule has 0 aliphatic rings. The summed E-state index contributed by atoms with van der Waals surface area (Å²) in [6.07, 6.45) is 0. The number of rotatable bonds is 4. The molecule has 0 bridgehead atoms. The molecule has 94 valence electrons. The first-order valence-electron chi connectivity index (χ1n) is 5.66. The van der Waals surface area contributed by atoms with Crippen molar-refractivity contribution in [2.24, 2.45) is 0 Å². The van der Waals surface area contributed by atoms with E-state index in [1.807, 2.05) is 24.3 Å². The SMILES string of the molecule is CCNc1ccccc1Sc1cc(Cl)cc(Cl)c1. The lowest BCUT2D eigenvalue weighted by Crippen LogP contribution is -1.97. The molecule has 0 saturated carbocycles. The van der Waals surface area contributed by atoms with Crippen LogP contribution in [0.25, 0.3) is 0 Å². The normalized spacial score (nSPS) is 10.4. The Balaban J connectivity index is 2.27. The first-order chi connectivity index (χ1) is 8.69. The van der Waals surface area contributed by atoms with Gasteiger partial charge in [-0.15, -0.1) is 0 Å². The van der Waals surface area contributed by atoms with Crippen molar-refractivity contribution >= 4 is 40.7 Å². The van der Waals surface area contributed by atoms with Gasteiger partial charge in [0.15, 0.2) is 0 Å². The monoisotopic (exact) mass is 297 g/mol. The summed E-state index contributed by atoms with van der Waals surface area (Å²) >= 11 is 13.7. The molecule has 1 nitrogen and oxygen atoms in total. The average molecular weight is 298 g/mol. The molecular formula is C14H13Cl2NS. The van der Waals surface area contributed by atoms with Crippen molar-refractivity contribution in [3.05, 3.63) is 52.5 Å². The Bertz CT molecular complexity index is 523. The summed E-state index contributed by atoms with van der Waals surface area (Å²) in [6, 6.07) is 13.8. The maximum absolute atomic E-state index is 6.00. The number of halogens is 2. The van der Waals surface area contributed by atoms with Gasteiger partial charge in [-0.2, -0.15) is 0 Å². The van der Waals surface area contributed by atoms with Gasteiger partial charge in [0.1, 0.15) is 0 Å². The van der Waals surface area contributed by atoms with Crippen molar-refractivity contribution in [2.75, 3.05) is 11.9 Å². The van der Waals surface area contributed by atoms with Crippen LogP contribution >= 0.6 is 35.0 Å². The quantitative estimate of drug-likeness (QED) is 0.791. The second kappa shape index (κ2) is 6.37. The van der Waals surface area contributed by atoms with Crippen LogP contribution in [0.5, 0.6) is 0 Å². The predicted molar refractivity (Wildman–Crippen MR) is 81.2 cm³/mol. The van der Waals surface area contributed by atoms with Gasteiger partial charge in [-0.1, -0.05) is 47.1 Å². The Morgan fingerprint density at radius 1 is 1.06 bits per heavy atom. The average Bonchev–Trinajstić information content (AvgIpc) is 2.30. The maximum Gasteiger partial charge on any atom is 0.0481 e. The van der Waals surface area contributed by atoms with E-state index in [2.05, 4.69) is 24.4 Å². The molecule has 0 amide bonds. The van der Waals surface area contributed by atoms with Gasteiger partial charge in [0.2, 0.25) is 0 Å². The molecule has 2 aromatic carbocycles. The summed E-state index contributed by atoms with van der Waals surface area (Å²) in [4.78, 5) is 2.20. The lowest BCUT2D eigenvalue weighted by atomic mass is 10.3. The molecule has 0 fully saturated rings. The molecular weight excluding hydrogens is 285 g/mol. The van der Waals surface area contributed by atoms with Crippen LogP contribution in [-0.2, 0) is 0 Å². The fourth-order valence-electron chi connectivity index (χ4n) is 1.61. The van der Waals surface area contributed by atoms with Gasteiger partial charge in [0.05, 0.1) is 0 Å². The van der Waals surface area contributed by atoms with Crippen molar-refractivity contribution in [3.8, 4) is 0 Å². The molecule has 0 saturated heterocycles. The number of benzene rings is 2. The smallest absolute Gasteiger partial charge is 0.0481 e. The van der Waals surface area contributed by atoms with E-state index in [1.165, 1.54) is 0 Å². The molecule has 0 spiro atoms. The molecule has 0 radical (unpaired) electrons. The summed E-state index contributed by atoms with van der Waals surface area (Å²) in [5, 5.41) is 4.66. The van der Waals surface area contributed by atoms with Crippen LogP contribution < -0.4 is 5.32 Å². The standard InChI is InChI=1S/C14H13Cl2NS/c1-2-17-13-5-3-4-6-14(13)18-12-8-10(15)7-11(16)9-12/h3-9,17H,2H2,1H3. The Morgan fingerprint density at radius 3 is 2.39 bits per heavy atom. The van der Waals surface area contributed by atoms with E-state index in [9.17, 15) is 0 Å². The molecule has 0 aliphatic carbocycles. The topological polar surface area (TPSA) is 12.0 Å². The second-order valence-corrected chi connectivity index (χ2v) is 5.72. The molecule has 4 heteroatoms. The van der Waals surface area contributed by atoms with Crippen molar-refractivity contribution in [1.29, 1.82) is 0 Å². The second-order valence-electron chi connectivity index (χ2n) is 3.73. The fraction of sp³-hybridized carbons (Fsp3) is 0.143. The van der Waals surface area contributed by atoms with Crippen molar-refractivity contribution in [3.63, 3.8) is 0 Å². The van der Waals surface area contributed by atoms with Crippen LogP contribution in [0.15, 0.2) is 52.3 Å². The van der Waals surface area contributed by atoms with Crippen molar-refractivity contribution in [1.82, 2.24) is 0 Å². The number of hydrogen-bond donors (Lipinski definition) is 1. The van der Waals surface area contributed by atoms with E-state index in [1.54, 1.807) is 17.8 Å². The van der Waals surface area contributed by atoms with Crippen LogP contribution in [0.2, 0.25) is 10.0 Å². The van der Waals surface area contributed by atoms with E-state index in [4.69, 9.17) is 23.2 Å². The van der Waals surface area contributed by atoms with Gasteiger partial charge in [-0.05, 0) is 37.3 Å².